The van der Waals surface area contributed by atoms with Gasteiger partial charge >= 0.3 is 6.09 Å². The molecule has 1 N–H and O–H groups in total. The standard InChI is InChI=1S/C18H31N5O2/c1-6-22(7-2)16-11-15(20-13-21-16)19-12-14-9-8-10-23(14)17(24)25-18(3,4)5/h11,13-14H,6-10,12H2,1-5H3,(H,19,20,21). The van der Waals surface area contributed by atoms with Gasteiger partial charge in [-0.1, -0.05) is 0 Å². The predicted molar refractivity (Wildman–Crippen MR) is 100 cm³/mol. The molecule has 0 aliphatic carbocycles. The van der Waals surface area contributed by atoms with Crippen molar-refractivity contribution in [2.24, 2.45) is 0 Å². The molecule has 1 atom stereocenters. The molecule has 7 nitrogen and oxygen atoms in total. The number of anilines is 2. The molecule has 1 aliphatic heterocycles. The van der Waals surface area contributed by atoms with E-state index in [2.05, 4.69) is 34.0 Å². The van der Waals surface area contributed by atoms with Gasteiger partial charge in [0.2, 0.25) is 0 Å². The Morgan fingerprint density at radius 2 is 2.08 bits per heavy atom. The van der Waals surface area contributed by atoms with Crippen LogP contribution in [0.1, 0.15) is 47.5 Å². The minimum absolute atomic E-state index is 0.127. The van der Waals surface area contributed by atoms with Crippen molar-refractivity contribution >= 4 is 17.7 Å². The molecule has 140 valence electrons. The first-order valence-corrected chi connectivity index (χ1v) is 9.14. The van der Waals surface area contributed by atoms with Crippen LogP contribution in [0.5, 0.6) is 0 Å². The lowest BCUT2D eigenvalue weighted by atomic mass is 10.2. The van der Waals surface area contributed by atoms with E-state index in [0.29, 0.717) is 6.54 Å². The number of nitrogens with one attached hydrogen (secondary N) is 1. The summed E-state index contributed by atoms with van der Waals surface area (Å²) in [6, 6.07) is 2.08. The Bertz CT molecular complexity index is 569. The van der Waals surface area contributed by atoms with Crippen molar-refractivity contribution in [3.8, 4) is 0 Å². The van der Waals surface area contributed by atoms with E-state index in [1.54, 1.807) is 6.33 Å². The van der Waals surface area contributed by atoms with Crippen LogP contribution in [0.25, 0.3) is 0 Å². The highest BCUT2D eigenvalue weighted by atomic mass is 16.6. The second-order valence-electron chi connectivity index (χ2n) is 7.28. The Morgan fingerprint density at radius 3 is 2.72 bits per heavy atom. The minimum Gasteiger partial charge on any atom is -0.444 e. The Labute approximate surface area is 150 Å². The molecule has 2 heterocycles. The van der Waals surface area contributed by atoms with Crippen molar-refractivity contribution in [2.45, 2.75) is 59.1 Å². The van der Waals surface area contributed by atoms with Crippen LogP contribution in [0.3, 0.4) is 0 Å². The summed E-state index contributed by atoms with van der Waals surface area (Å²) in [4.78, 5) is 25.0. The highest BCUT2D eigenvalue weighted by Crippen LogP contribution is 2.21. The van der Waals surface area contributed by atoms with Gasteiger partial charge < -0.3 is 19.9 Å². The molecule has 7 heteroatoms. The van der Waals surface area contributed by atoms with Gasteiger partial charge in [-0.25, -0.2) is 14.8 Å². The molecule has 1 aromatic rings. The number of carbonyl (C=O) groups is 1. The van der Waals surface area contributed by atoms with Gasteiger partial charge in [-0.2, -0.15) is 0 Å². The van der Waals surface area contributed by atoms with E-state index in [1.165, 1.54) is 0 Å². The first-order chi connectivity index (χ1) is 11.8. The van der Waals surface area contributed by atoms with Crippen LogP contribution in [-0.4, -0.2) is 58.8 Å². The third-order valence-electron chi connectivity index (χ3n) is 4.26. The molecule has 0 spiro atoms. The molecule has 0 saturated carbocycles. The minimum atomic E-state index is -0.469. The molecular weight excluding hydrogens is 318 g/mol. The van der Waals surface area contributed by atoms with Gasteiger partial charge in [0, 0.05) is 32.2 Å². The molecule has 0 aromatic carbocycles. The van der Waals surface area contributed by atoms with Gasteiger partial charge in [0.15, 0.2) is 0 Å². The Morgan fingerprint density at radius 1 is 1.36 bits per heavy atom. The van der Waals surface area contributed by atoms with Gasteiger partial charge in [0.25, 0.3) is 0 Å². The molecule has 0 radical (unpaired) electrons. The molecule has 1 fully saturated rings. The van der Waals surface area contributed by atoms with E-state index in [0.717, 1.165) is 44.1 Å². The summed E-state index contributed by atoms with van der Waals surface area (Å²) in [7, 11) is 0. The van der Waals surface area contributed by atoms with Gasteiger partial charge in [0.05, 0.1) is 6.04 Å². The lowest BCUT2D eigenvalue weighted by Gasteiger charge is -2.29. The lowest BCUT2D eigenvalue weighted by Crippen LogP contribution is -2.42. The maximum atomic E-state index is 12.3. The van der Waals surface area contributed by atoms with Gasteiger partial charge in [-0.3, -0.25) is 0 Å². The molecule has 1 aliphatic rings. The van der Waals surface area contributed by atoms with E-state index in [1.807, 2.05) is 31.7 Å². The first kappa shape index (κ1) is 19.3. The molecular formula is C18H31N5O2. The normalized spacial score (nSPS) is 17.5. The Balaban J connectivity index is 1.96. The number of hydrogen-bond acceptors (Lipinski definition) is 6. The molecule has 1 aromatic heterocycles. The molecule has 25 heavy (non-hydrogen) atoms. The Kier molecular flexibility index (Phi) is 6.45. The largest absolute Gasteiger partial charge is 0.444 e. The number of amides is 1. The number of nitrogens with zero attached hydrogens (tertiary/aromatic N) is 4. The van der Waals surface area contributed by atoms with Crippen molar-refractivity contribution in [2.75, 3.05) is 36.4 Å². The summed E-state index contributed by atoms with van der Waals surface area (Å²) in [5, 5.41) is 3.35. The second kappa shape index (κ2) is 8.36. The Hall–Kier alpha value is -2.05. The number of ether oxygens (including phenoxy) is 1. The van der Waals surface area contributed by atoms with Crippen LogP contribution in [-0.2, 0) is 4.74 Å². The van der Waals surface area contributed by atoms with E-state index >= 15 is 0 Å². The SMILES string of the molecule is CCN(CC)c1cc(NCC2CCCN2C(=O)OC(C)(C)C)ncn1. The van der Waals surface area contributed by atoms with Crippen molar-refractivity contribution in [3.63, 3.8) is 0 Å². The van der Waals surface area contributed by atoms with E-state index < -0.39 is 5.60 Å². The molecule has 1 amide bonds. The first-order valence-electron chi connectivity index (χ1n) is 9.14. The van der Waals surface area contributed by atoms with Crippen LogP contribution in [0, 0.1) is 0 Å². The summed E-state index contributed by atoms with van der Waals surface area (Å²) in [5.74, 6) is 1.70. The zero-order valence-corrected chi connectivity index (χ0v) is 16.1. The van der Waals surface area contributed by atoms with Crippen molar-refractivity contribution in [1.82, 2.24) is 14.9 Å². The number of likely N-dealkylation sites (tertiary alicyclic amines) is 1. The highest BCUT2D eigenvalue weighted by molar-refractivity contribution is 5.69. The van der Waals surface area contributed by atoms with Crippen LogP contribution in [0.2, 0.25) is 0 Å². The summed E-state index contributed by atoms with van der Waals surface area (Å²) < 4.78 is 5.51. The fourth-order valence-electron chi connectivity index (χ4n) is 3.00. The quantitative estimate of drug-likeness (QED) is 0.851. The third-order valence-corrected chi connectivity index (χ3v) is 4.26. The highest BCUT2D eigenvalue weighted by Gasteiger charge is 2.32. The van der Waals surface area contributed by atoms with Crippen LogP contribution < -0.4 is 10.2 Å². The molecule has 0 bridgehead atoms. The lowest BCUT2D eigenvalue weighted by molar-refractivity contribution is 0.0235. The predicted octanol–water partition coefficient (Wildman–Crippen LogP) is 3.13. The smallest absolute Gasteiger partial charge is 0.410 e. The van der Waals surface area contributed by atoms with Crippen molar-refractivity contribution in [1.29, 1.82) is 0 Å². The van der Waals surface area contributed by atoms with Gasteiger partial charge in [-0.05, 0) is 47.5 Å². The van der Waals surface area contributed by atoms with E-state index in [9.17, 15) is 4.79 Å². The monoisotopic (exact) mass is 349 g/mol. The number of aromatic nitrogens is 2. The second-order valence-corrected chi connectivity index (χ2v) is 7.28. The average Bonchev–Trinajstić information content (AvgIpc) is 3.02. The maximum Gasteiger partial charge on any atom is 0.410 e. The van der Waals surface area contributed by atoms with Crippen molar-refractivity contribution in [3.05, 3.63) is 12.4 Å². The van der Waals surface area contributed by atoms with Crippen LogP contribution >= 0.6 is 0 Å². The van der Waals surface area contributed by atoms with E-state index in [-0.39, 0.29) is 12.1 Å². The van der Waals surface area contributed by atoms with Crippen molar-refractivity contribution < 1.29 is 9.53 Å². The molecule has 1 unspecified atom stereocenters. The topological polar surface area (TPSA) is 70.6 Å². The maximum absolute atomic E-state index is 12.3. The number of carbonyl (C=O) groups excluding carboxylic acids is 1. The molecule has 1 saturated heterocycles. The van der Waals surface area contributed by atoms with Gasteiger partial charge in [-0.15, -0.1) is 0 Å². The number of hydrogen-bond donors (Lipinski definition) is 1. The van der Waals surface area contributed by atoms with Crippen LogP contribution in [0.4, 0.5) is 16.4 Å². The summed E-state index contributed by atoms with van der Waals surface area (Å²) in [6.07, 6.45) is 3.32. The summed E-state index contributed by atoms with van der Waals surface area (Å²) in [5.41, 5.74) is -0.469. The molecule has 2 rings (SSSR count). The fourth-order valence-corrected chi connectivity index (χ4v) is 3.00. The third kappa shape index (κ3) is 5.47. The van der Waals surface area contributed by atoms with Crippen LogP contribution in [0.15, 0.2) is 12.4 Å². The fraction of sp³-hybridized carbons (Fsp3) is 0.722. The summed E-state index contributed by atoms with van der Waals surface area (Å²) >= 11 is 0. The zero-order valence-electron chi connectivity index (χ0n) is 16.1. The zero-order chi connectivity index (χ0) is 18.4. The number of rotatable bonds is 6. The van der Waals surface area contributed by atoms with Gasteiger partial charge in [0.1, 0.15) is 23.6 Å². The average molecular weight is 349 g/mol. The summed E-state index contributed by atoms with van der Waals surface area (Å²) in [6.45, 7) is 13.1. The van der Waals surface area contributed by atoms with E-state index in [4.69, 9.17) is 4.74 Å².